The molecule has 4 nitrogen and oxygen atoms in total. The number of thiophene rings is 2. The minimum absolute atomic E-state index is 0.462. The van der Waals surface area contributed by atoms with Crippen LogP contribution in [0.1, 0.15) is 22.3 Å². The summed E-state index contributed by atoms with van der Waals surface area (Å²) in [4.78, 5) is 16.3. The van der Waals surface area contributed by atoms with E-state index in [4.69, 9.17) is 19.4 Å². The number of fused-ring (bicyclic) bond motifs is 12. The van der Waals surface area contributed by atoms with Gasteiger partial charge in [0.25, 0.3) is 0 Å². The van der Waals surface area contributed by atoms with Gasteiger partial charge in [0.15, 0.2) is 17.5 Å². The molecule has 0 bridgehead atoms. The van der Waals surface area contributed by atoms with E-state index in [1.807, 2.05) is 12.1 Å². The first-order valence-corrected chi connectivity index (χ1v) is 27.3. The number of hydrogen-bond acceptors (Lipinski definition) is 6. The molecule has 11 aromatic carbocycles. The average Bonchev–Trinajstić information content (AvgIpc) is 4.28. The van der Waals surface area contributed by atoms with Gasteiger partial charge in [-0.2, -0.15) is 0 Å². The van der Waals surface area contributed by atoms with Crippen LogP contribution in [0.5, 0.6) is 0 Å². The third kappa shape index (κ3) is 6.45. The zero-order valence-corrected chi connectivity index (χ0v) is 42.4. The number of furan rings is 1. The van der Waals surface area contributed by atoms with E-state index in [0.717, 1.165) is 66.1 Å². The molecule has 0 amide bonds. The maximum absolute atomic E-state index is 6.68. The Kier molecular flexibility index (Phi) is 9.56. The summed E-state index contributed by atoms with van der Waals surface area (Å²) >= 11 is 3.60. The molecule has 1 aliphatic carbocycles. The Bertz CT molecular complexity index is 4650. The van der Waals surface area contributed by atoms with Crippen molar-refractivity contribution in [2.45, 2.75) is 5.41 Å². The van der Waals surface area contributed by atoms with Crippen molar-refractivity contribution in [3.05, 3.63) is 271 Å². The molecule has 6 heteroatoms. The first-order chi connectivity index (χ1) is 37.7. The molecule has 0 unspecified atom stereocenters. The molecule has 1 aliphatic rings. The Hall–Kier alpha value is -9.33. The highest BCUT2D eigenvalue weighted by atomic mass is 32.1. The Morgan fingerprint density at radius 2 is 0.737 bits per heavy atom. The van der Waals surface area contributed by atoms with Gasteiger partial charge in [-0.15, -0.1) is 22.7 Å². The Morgan fingerprint density at radius 3 is 1.34 bits per heavy atom. The predicted molar refractivity (Wildman–Crippen MR) is 317 cm³/mol. The molecule has 4 aromatic heterocycles. The molecule has 354 valence electrons. The van der Waals surface area contributed by atoms with Gasteiger partial charge in [0.05, 0.1) is 5.41 Å². The maximum atomic E-state index is 6.68. The van der Waals surface area contributed by atoms with Crippen LogP contribution in [0.4, 0.5) is 0 Å². The lowest BCUT2D eigenvalue weighted by molar-refractivity contribution is 0.669. The molecule has 0 atom stereocenters. The molecule has 0 radical (unpaired) electrons. The van der Waals surface area contributed by atoms with Crippen molar-refractivity contribution in [3.8, 4) is 67.5 Å². The molecule has 0 fully saturated rings. The van der Waals surface area contributed by atoms with E-state index in [-0.39, 0.29) is 0 Å². The highest BCUT2D eigenvalue weighted by Gasteiger charge is 2.46. The van der Waals surface area contributed by atoms with E-state index in [1.54, 1.807) is 22.7 Å². The van der Waals surface area contributed by atoms with Crippen LogP contribution in [-0.4, -0.2) is 15.0 Å². The molecule has 0 saturated heterocycles. The summed E-state index contributed by atoms with van der Waals surface area (Å²) in [7, 11) is 0. The van der Waals surface area contributed by atoms with Crippen molar-refractivity contribution in [2.24, 2.45) is 0 Å². The normalized spacial score (nSPS) is 12.8. The highest BCUT2D eigenvalue weighted by molar-refractivity contribution is 7.26. The molecule has 0 N–H and O–H groups in total. The van der Waals surface area contributed by atoms with Gasteiger partial charge in [0.1, 0.15) is 11.2 Å². The van der Waals surface area contributed by atoms with Crippen LogP contribution in [0, 0.1) is 0 Å². The van der Waals surface area contributed by atoms with Crippen LogP contribution in [0.25, 0.3) is 130 Å². The lowest BCUT2D eigenvalue weighted by Gasteiger charge is -2.34. The first-order valence-electron chi connectivity index (χ1n) is 25.6. The van der Waals surface area contributed by atoms with Crippen molar-refractivity contribution in [3.63, 3.8) is 0 Å². The van der Waals surface area contributed by atoms with Gasteiger partial charge < -0.3 is 4.42 Å². The molecule has 0 aliphatic heterocycles. The maximum Gasteiger partial charge on any atom is 0.164 e. The summed E-state index contributed by atoms with van der Waals surface area (Å²) in [5.74, 6) is 1.86. The summed E-state index contributed by atoms with van der Waals surface area (Å²) < 4.78 is 11.5. The van der Waals surface area contributed by atoms with Crippen LogP contribution in [0.15, 0.2) is 253 Å². The van der Waals surface area contributed by atoms with Gasteiger partial charge >= 0.3 is 0 Å². The van der Waals surface area contributed by atoms with E-state index in [0.29, 0.717) is 17.5 Å². The molecule has 4 heterocycles. The molecule has 16 rings (SSSR count). The third-order valence-corrected chi connectivity index (χ3v) is 17.9. The monoisotopic (exact) mass is 1000 g/mol. The smallest absolute Gasteiger partial charge is 0.164 e. The zero-order valence-electron chi connectivity index (χ0n) is 40.7. The summed E-state index contributed by atoms with van der Waals surface area (Å²) in [5.41, 5.74) is 16.2. The SMILES string of the molecule is c1ccc(C2(c3ccccc3)c3ccccc3-c3ccc(-c4ccc(-c5ccc6oc7cccc(-c8nc(-c9cccc%10sc%11ccccc%11c9%10)nc(-c9cccc%10sc%11ccccc%11c9%10)n8)c7c6c5)cc4)cc32)cc1. The quantitative estimate of drug-likeness (QED) is 0.160. The minimum atomic E-state index is -0.462. The fraction of sp³-hybridized carbons (Fsp3) is 0.0143. The van der Waals surface area contributed by atoms with Crippen molar-refractivity contribution < 1.29 is 4.42 Å². The van der Waals surface area contributed by atoms with Crippen LogP contribution < -0.4 is 0 Å². The molecular formula is C70H41N3OS2. The Morgan fingerprint density at radius 1 is 0.289 bits per heavy atom. The second-order valence-corrected chi connectivity index (χ2v) is 21.9. The first kappa shape index (κ1) is 43.1. The standard InChI is InChI=1S/C70H41N3OS2/c1-3-16-46(17-4-1)70(47-18-5-2-6-19-47)56-26-10-7-20-48(56)49-38-36-45(41-57(49)70)43-34-32-42(33-35-43)44-37-39-58-55(40-44)64-52(23-13-27-59(64)74-58)67-71-68(53-24-14-30-62-65(53)50-21-8-11-28-60(50)75-62)73-69(72-67)54-25-15-31-63-66(54)51-22-9-12-29-61(51)76-63/h1-41H. The lowest BCUT2D eigenvalue weighted by Crippen LogP contribution is -2.28. The van der Waals surface area contributed by atoms with Crippen molar-refractivity contribution in [1.29, 1.82) is 0 Å². The zero-order chi connectivity index (χ0) is 49.9. The molecule has 76 heavy (non-hydrogen) atoms. The van der Waals surface area contributed by atoms with Gasteiger partial charge in [-0.1, -0.05) is 200 Å². The third-order valence-electron chi connectivity index (χ3n) is 15.7. The van der Waals surface area contributed by atoms with Gasteiger partial charge in [0, 0.05) is 67.8 Å². The fourth-order valence-corrected chi connectivity index (χ4v) is 14.6. The number of hydrogen-bond donors (Lipinski definition) is 0. The van der Waals surface area contributed by atoms with Crippen molar-refractivity contribution in [1.82, 2.24) is 15.0 Å². The van der Waals surface area contributed by atoms with Crippen molar-refractivity contribution >= 4 is 85.0 Å². The second kappa shape index (κ2) is 16.8. The summed E-state index contributed by atoms with van der Waals surface area (Å²) in [6, 6.07) is 89.9. The topological polar surface area (TPSA) is 51.8 Å². The predicted octanol–water partition coefficient (Wildman–Crippen LogP) is 19.2. The van der Waals surface area contributed by atoms with Gasteiger partial charge in [-0.05, 0) is 104 Å². The van der Waals surface area contributed by atoms with E-state index in [9.17, 15) is 0 Å². The van der Waals surface area contributed by atoms with E-state index in [1.165, 1.54) is 68.5 Å². The summed E-state index contributed by atoms with van der Waals surface area (Å²) in [6.45, 7) is 0. The van der Waals surface area contributed by atoms with Crippen LogP contribution in [0.2, 0.25) is 0 Å². The van der Waals surface area contributed by atoms with Gasteiger partial charge in [-0.25, -0.2) is 15.0 Å². The van der Waals surface area contributed by atoms with Crippen LogP contribution in [0.3, 0.4) is 0 Å². The number of nitrogens with zero attached hydrogens (tertiary/aromatic N) is 3. The fourth-order valence-electron chi connectivity index (χ4n) is 12.3. The lowest BCUT2D eigenvalue weighted by atomic mass is 9.67. The average molecular weight is 1000 g/mol. The number of rotatable bonds is 7. The number of benzene rings is 11. The second-order valence-electron chi connectivity index (χ2n) is 19.7. The van der Waals surface area contributed by atoms with Crippen LogP contribution >= 0.6 is 22.7 Å². The summed E-state index contributed by atoms with van der Waals surface area (Å²) in [5, 5.41) is 6.68. The van der Waals surface area contributed by atoms with Gasteiger partial charge in [0.2, 0.25) is 0 Å². The van der Waals surface area contributed by atoms with E-state index in [2.05, 4.69) is 237 Å². The molecule has 0 spiro atoms. The van der Waals surface area contributed by atoms with E-state index >= 15 is 0 Å². The molecule has 15 aromatic rings. The molecule has 0 saturated carbocycles. The Labute approximate surface area is 445 Å². The summed E-state index contributed by atoms with van der Waals surface area (Å²) in [6.07, 6.45) is 0. The van der Waals surface area contributed by atoms with E-state index < -0.39 is 5.41 Å². The number of aromatic nitrogens is 3. The Balaban J connectivity index is 0.835. The minimum Gasteiger partial charge on any atom is -0.456 e. The van der Waals surface area contributed by atoms with Gasteiger partial charge in [-0.3, -0.25) is 0 Å². The molecular weight excluding hydrogens is 963 g/mol. The highest BCUT2D eigenvalue weighted by Crippen LogP contribution is 2.57. The van der Waals surface area contributed by atoms with Crippen molar-refractivity contribution in [2.75, 3.05) is 0 Å². The van der Waals surface area contributed by atoms with Crippen LogP contribution in [-0.2, 0) is 5.41 Å². The largest absolute Gasteiger partial charge is 0.456 e.